The minimum atomic E-state index is -0.395. The maximum Gasteiger partial charge on any atom is 0.244 e. The lowest BCUT2D eigenvalue weighted by Gasteiger charge is -2.12. The fourth-order valence-electron chi connectivity index (χ4n) is 2.64. The van der Waals surface area contributed by atoms with E-state index in [0.29, 0.717) is 30.2 Å². The molecule has 0 aliphatic rings. The molecule has 0 saturated heterocycles. The number of halogens is 2. The van der Waals surface area contributed by atoms with Gasteiger partial charge in [-0.3, -0.25) is 9.78 Å². The third kappa shape index (κ3) is 6.15. The summed E-state index contributed by atoms with van der Waals surface area (Å²) in [5.41, 5.74) is 2.12. The Kier molecular flexibility index (Phi) is 7.57. The highest BCUT2D eigenvalue weighted by atomic mass is 79.9. The van der Waals surface area contributed by atoms with Crippen LogP contribution in [0, 0.1) is 5.82 Å². The summed E-state index contributed by atoms with van der Waals surface area (Å²) in [6.45, 7) is 0.667. The molecule has 0 bridgehead atoms. The molecule has 0 spiro atoms. The van der Waals surface area contributed by atoms with Gasteiger partial charge < -0.3 is 14.8 Å². The van der Waals surface area contributed by atoms with E-state index in [1.165, 1.54) is 18.2 Å². The zero-order chi connectivity index (χ0) is 21.3. The number of methoxy groups -OCH3 is 1. The number of pyridine rings is 1. The van der Waals surface area contributed by atoms with E-state index < -0.39 is 5.82 Å². The van der Waals surface area contributed by atoms with E-state index >= 15 is 0 Å². The van der Waals surface area contributed by atoms with E-state index in [1.807, 2.05) is 18.2 Å². The third-order valence-electron chi connectivity index (χ3n) is 4.18. The highest BCUT2D eigenvalue weighted by Gasteiger charge is 2.07. The van der Waals surface area contributed by atoms with E-state index in [-0.39, 0.29) is 5.91 Å². The van der Waals surface area contributed by atoms with Crippen molar-refractivity contribution in [2.24, 2.45) is 0 Å². The van der Waals surface area contributed by atoms with Crippen LogP contribution in [0.2, 0.25) is 0 Å². The van der Waals surface area contributed by atoms with Crippen molar-refractivity contribution in [1.29, 1.82) is 0 Å². The summed E-state index contributed by atoms with van der Waals surface area (Å²) in [7, 11) is 1.56. The second-order valence-electron chi connectivity index (χ2n) is 6.35. The fourth-order valence-corrected chi connectivity index (χ4v) is 3.02. The van der Waals surface area contributed by atoms with Crippen LogP contribution < -0.4 is 14.8 Å². The molecular weight excluding hydrogens is 451 g/mol. The predicted octanol–water partition coefficient (Wildman–Crippen LogP) is 4.90. The zero-order valence-electron chi connectivity index (χ0n) is 16.3. The number of benzene rings is 2. The van der Waals surface area contributed by atoms with E-state index in [9.17, 15) is 9.18 Å². The van der Waals surface area contributed by atoms with Gasteiger partial charge in [0.15, 0.2) is 11.5 Å². The number of amides is 1. The molecule has 1 amide bonds. The molecule has 30 heavy (non-hydrogen) atoms. The Bertz CT molecular complexity index is 1040. The minimum Gasteiger partial charge on any atom is -0.493 e. The number of nitrogens with one attached hydrogen (secondary N) is 1. The summed E-state index contributed by atoms with van der Waals surface area (Å²) < 4.78 is 25.7. The van der Waals surface area contributed by atoms with Crippen molar-refractivity contribution in [2.45, 2.75) is 13.2 Å². The van der Waals surface area contributed by atoms with Gasteiger partial charge in [0.25, 0.3) is 0 Å². The molecule has 3 rings (SSSR count). The van der Waals surface area contributed by atoms with Gasteiger partial charge in [-0.15, -0.1) is 0 Å². The lowest BCUT2D eigenvalue weighted by molar-refractivity contribution is -0.116. The highest BCUT2D eigenvalue weighted by molar-refractivity contribution is 9.10. The van der Waals surface area contributed by atoms with Crippen molar-refractivity contribution in [1.82, 2.24) is 10.3 Å². The van der Waals surface area contributed by atoms with Crippen LogP contribution >= 0.6 is 15.9 Å². The molecule has 5 nitrogen and oxygen atoms in total. The number of aromatic nitrogens is 1. The van der Waals surface area contributed by atoms with E-state index in [1.54, 1.807) is 43.8 Å². The number of rotatable bonds is 8. The topological polar surface area (TPSA) is 60.5 Å². The Morgan fingerprint density at radius 3 is 2.80 bits per heavy atom. The van der Waals surface area contributed by atoms with Gasteiger partial charge in [-0.1, -0.05) is 28.1 Å². The first kappa shape index (κ1) is 21.5. The standard InChI is InChI=1S/C23H20BrFN2O3/c1-29-22-11-16(4-8-21(22)30-15-17-3-2-10-26-13-17)14-27-23(28)9-5-18-12-19(24)6-7-20(18)25/h2-13H,14-15H2,1H3,(H,27,28). The van der Waals surface area contributed by atoms with Crippen molar-refractivity contribution >= 4 is 27.9 Å². The van der Waals surface area contributed by atoms with Crippen LogP contribution in [0.1, 0.15) is 16.7 Å². The Morgan fingerprint density at radius 1 is 1.17 bits per heavy atom. The number of hydrogen-bond acceptors (Lipinski definition) is 4. The normalized spacial score (nSPS) is 10.8. The molecule has 0 aliphatic carbocycles. The Balaban J connectivity index is 1.57. The molecular formula is C23H20BrFN2O3. The lowest BCUT2D eigenvalue weighted by Crippen LogP contribution is -2.20. The Morgan fingerprint density at radius 2 is 2.03 bits per heavy atom. The van der Waals surface area contributed by atoms with Gasteiger partial charge in [-0.2, -0.15) is 0 Å². The number of carbonyl (C=O) groups is 1. The monoisotopic (exact) mass is 470 g/mol. The van der Waals surface area contributed by atoms with Gasteiger partial charge in [-0.05, 0) is 48.0 Å². The first-order chi connectivity index (χ1) is 14.5. The first-order valence-electron chi connectivity index (χ1n) is 9.15. The summed E-state index contributed by atoms with van der Waals surface area (Å²) in [4.78, 5) is 16.1. The summed E-state index contributed by atoms with van der Waals surface area (Å²) in [5, 5.41) is 2.77. The average Bonchev–Trinajstić information content (AvgIpc) is 2.77. The fraction of sp³-hybridized carbons (Fsp3) is 0.130. The molecule has 1 heterocycles. The maximum absolute atomic E-state index is 13.7. The van der Waals surface area contributed by atoms with Gasteiger partial charge in [-0.25, -0.2) is 4.39 Å². The predicted molar refractivity (Wildman–Crippen MR) is 117 cm³/mol. The molecule has 7 heteroatoms. The molecule has 3 aromatic rings. The molecule has 0 atom stereocenters. The van der Waals surface area contributed by atoms with Crippen LogP contribution in [0.15, 0.2) is 71.5 Å². The van der Waals surface area contributed by atoms with Gasteiger partial charge >= 0.3 is 0 Å². The van der Waals surface area contributed by atoms with Gasteiger partial charge in [0, 0.05) is 40.6 Å². The van der Waals surface area contributed by atoms with Crippen molar-refractivity contribution in [2.75, 3.05) is 7.11 Å². The number of carbonyl (C=O) groups excluding carboxylic acids is 1. The SMILES string of the molecule is COc1cc(CNC(=O)C=Cc2cc(Br)ccc2F)ccc1OCc1cccnc1. The Hall–Kier alpha value is -3.19. The maximum atomic E-state index is 13.7. The molecule has 0 unspecified atom stereocenters. The molecule has 0 radical (unpaired) electrons. The molecule has 1 N–H and O–H groups in total. The molecule has 0 aliphatic heterocycles. The van der Waals surface area contributed by atoms with Gasteiger partial charge in [0.1, 0.15) is 12.4 Å². The number of nitrogens with zero attached hydrogens (tertiary/aromatic N) is 1. The summed E-state index contributed by atoms with van der Waals surface area (Å²) in [6, 6.07) is 13.8. The quantitative estimate of drug-likeness (QED) is 0.475. The van der Waals surface area contributed by atoms with Gasteiger partial charge in [0.2, 0.25) is 5.91 Å². The van der Waals surface area contributed by atoms with E-state index in [4.69, 9.17) is 9.47 Å². The van der Waals surface area contributed by atoms with Crippen LogP contribution in [-0.2, 0) is 17.9 Å². The van der Waals surface area contributed by atoms with Gasteiger partial charge in [0.05, 0.1) is 7.11 Å². The van der Waals surface area contributed by atoms with E-state index in [2.05, 4.69) is 26.2 Å². The second kappa shape index (κ2) is 10.5. The van der Waals surface area contributed by atoms with E-state index in [0.717, 1.165) is 15.6 Å². The Labute approximate surface area is 182 Å². The minimum absolute atomic E-state index is 0.295. The average molecular weight is 471 g/mol. The molecule has 2 aromatic carbocycles. The molecule has 154 valence electrons. The van der Waals surface area contributed by atoms with Crippen molar-refractivity contribution in [3.8, 4) is 11.5 Å². The second-order valence-corrected chi connectivity index (χ2v) is 7.27. The highest BCUT2D eigenvalue weighted by Crippen LogP contribution is 2.28. The van der Waals surface area contributed by atoms with Crippen LogP contribution in [-0.4, -0.2) is 18.0 Å². The smallest absolute Gasteiger partial charge is 0.244 e. The van der Waals surface area contributed by atoms with Crippen LogP contribution in [0.4, 0.5) is 4.39 Å². The first-order valence-corrected chi connectivity index (χ1v) is 9.94. The third-order valence-corrected chi connectivity index (χ3v) is 4.68. The number of ether oxygens (including phenoxy) is 2. The van der Waals surface area contributed by atoms with Crippen molar-refractivity contribution < 1.29 is 18.7 Å². The zero-order valence-corrected chi connectivity index (χ0v) is 17.9. The van der Waals surface area contributed by atoms with Crippen molar-refractivity contribution in [3.63, 3.8) is 0 Å². The molecule has 0 fully saturated rings. The van der Waals surface area contributed by atoms with Crippen molar-refractivity contribution in [3.05, 3.63) is 94.0 Å². The summed E-state index contributed by atoms with van der Waals surface area (Å²) >= 11 is 3.28. The van der Waals surface area contributed by atoms with Crippen LogP contribution in [0.25, 0.3) is 6.08 Å². The van der Waals surface area contributed by atoms with Crippen LogP contribution in [0.3, 0.4) is 0 Å². The summed E-state index contributed by atoms with van der Waals surface area (Å²) in [6.07, 6.45) is 6.18. The molecule has 1 aromatic heterocycles. The van der Waals surface area contributed by atoms with Crippen LogP contribution in [0.5, 0.6) is 11.5 Å². The summed E-state index contributed by atoms with van der Waals surface area (Å²) in [5.74, 6) is 0.443. The number of hydrogen-bond donors (Lipinski definition) is 1. The molecule has 0 saturated carbocycles. The lowest BCUT2D eigenvalue weighted by atomic mass is 10.2. The largest absolute Gasteiger partial charge is 0.493 e.